The molecule has 134 valence electrons. The van der Waals surface area contributed by atoms with Gasteiger partial charge < -0.3 is 14.4 Å². The molecule has 3 rings (SSSR count). The summed E-state index contributed by atoms with van der Waals surface area (Å²) >= 11 is 0. The van der Waals surface area contributed by atoms with Crippen LogP contribution in [-0.4, -0.2) is 52.4 Å². The molecule has 24 heavy (non-hydrogen) atoms. The first-order valence-corrected chi connectivity index (χ1v) is 8.71. The molecule has 2 saturated heterocycles. The third kappa shape index (κ3) is 2.98. The van der Waals surface area contributed by atoms with E-state index >= 15 is 0 Å². The van der Waals surface area contributed by atoms with E-state index in [1.165, 1.54) is 4.90 Å². The Labute approximate surface area is 136 Å². The summed E-state index contributed by atoms with van der Waals surface area (Å²) in [6, 6.07) is 2.41. The lowest BCUT2D eigenvalue weighted by Gasteiger charge is -2.41. The van der Waals surface area contributed by atoms with Gasteiger partial charge in [0.15, 0.2) is 0 Å². The van der Waals surface area contributed by atoms with Crippen molar-refractivity contribution < 1.29 is 35.5 Å². The summed E-state index contributed by atoms with van der Waals surface area (Å²) in [5.41, 5.74) is -6.36. The van der Waals surface area contributed by atoms with Crippen LogP contribution < -0.4 is 4.90 Å². The average Bonchev–Trinajstić information content (AvgIpc) is 2.93. The van der Waals surface area contributed by atoms with Crippen LogP contribution in [-0.2, 0) is 19.3 Å². The number of halogens is 4. The molecule has 0 N–H and O–H groups in total. The molecule has 1 atom stereocenters. The number of anilines is 1. The maximum atomic E-state index is 13.4. The van der Waals surface area contributed by atoms with Gasteiger partial charge in [-0.15, -0.1) is 0 Å². The zero-order chi connectivity index (χ0) is 17.6. The summed E-state index contributed by atoms with van der Waals surface area (Å²) in [4.78, 5) is 0.405. The maximum Gasteiger partial charge on any atom is 0.501 e. The van der Waals surface area contributed by atoms with Crippen molar-refractivity contribution in [1.29, 1.82) is 0 Å². The first-order valence-electron chi connectivity index (χ1n) is 7.22. The van der Waals surface area contributed by atoms with Crippen molar-refractivity contribution >= 4 is 15.5 Å². The molecule has 1 aromatic carbocycles. The molecule has 0 aliphatic carbocycles. The third-order valence-electron chi connectivity index (χ3n) is 4.17. The maximum absolute atomic E-state index is 13.4. The quantitative estimate of drug-likeness (QED) is 0.748. The number of hydrogen-bond acceptors (Lipinski definition) is 5. The van der Waals surface area contributed by atoms with Crippen LogP contribution in [0, 0.1) is 5.82 Å². The molecule has 1 spiro atoms. The molecule has 0 aromatic heterocycles. The van der Waals surface area contributed by atoms with Crippen LogP contribution in [0.5, 0.6) is 0 Å². The molecule has 2 heterocycles. The molecule has 0 saturated carbocycles. The zero-order valence-corrected chi connectivity index (χ0v) is 13.3. The van der Waals surface area contributed by atoms with E-state index in [1.54, 1.807) is 0 Å². The molecular formula is C14H15F4NO4S. The van der Waals surface area contributed by atoms with E-state index in [2.05, 4.69) is 0 Å². The molecule has 0 radical (unpaired) electrons. The van der Waals surface area contributed by atoms with Crippen LogP contribution in [0.4, 0.5) is 23.2 Å². The molecule has 5 nitrogen and oxygen atoms in total. The number of benzene rings is 1. The fourth-order valence-corrected chi connectivity index (χ4v) is 3.96. The van der Waals surface area contributed by atoms with Crippen LogP contribution in [0.1, 0.15) is 6.42 Å². The van der Waals surface area contributed by atoms with E-state index < -0.39 is 31.7 Å². The first-order chi connectivity index (χ1) is 11.1. The Kier molecular flexibility index (Phi) is 4.25. The summed E-state index contributed by atoms with van der Waals surface area (Å²) in [6.07, 6.45) is 0.562. The minimum Gasteiger partial charge on any atom is -0.378 e. The number of rotatable bonds is 2. The van der Waals surface area contributed by atoms with Gasteiger partial charge in [-0.2, -0.15) is 13.2 Å². The van der Waals surface area contributed by atoms with Gasteiger partial charge in [0, 0.05) is 26.1 Å². The molecule has 2 aliphatic rings. The van der Waals surface area contributed by atoms with E-state index in [0.29, 0.717) is 19.1 Å². The minimum atomic E-state index is -5.67. The highest BCUT2D eigenvalue weighted by molar-refractivity contribution is 7.92. The van der Waals surface area contributed by atoms with Gasteiger partial charge in [0.1, 0.15) is 16.3 Å². The Hall–Kier alpha value is -1.39. The molecule has 10 heteroatoms. The number of hydrogen-bond donors (Lipinski definition) is 0. The van der Waals surface area contributed by atoms with E-state index in [4.69, 9.17) is 9.47 Å². The molecule has 1 unspecified atom stereocenters. The van der Waals surface area contributed by atoms with Gasteiger partial charge in [0.25, 0.3) is 9.84 Å². The monoisotopic (exact) mass is 369 g/mol. The van der Waals surface area contributed by atoms with Gasteiger partial charge in [0.2, 0.25) is 0 Å². The van der Waals surface area contributed by atoms with Gasteiger partial charge in [-0.25, -0.2) is 12.8 Å². The average molecular weight is 369 g/mol. The highest BCUT2D eigenvalue weighted by Gasteiger charge is 2.49. The summed E-state index contributed by atoms with van der Waals surface area (Å²) in [6.45, 7) is 1.34. The van der Waals surface area contributed by atoms with Gasteiger partial charge in [0.05, 0.1) is 18.9 Å². The van der Waals surface area contributed by atoms with Crippen LogP contribution in [0.25, 0.3) is 0 Å². The van der Waals surface area contributed by atoms with E-state index in [-0.39, 0.29) is 32.0 Å². The van der Waals surface area contributed by atoms with Gasteiger partial charge in [-0.1, -0.05) is 0 Å². The lowest BCUT2D eigenvalue weighted by Crippen LogP contribution is -2.52. The van der Waals surface area contributed by atoms with Gasteiger partial charge >= 0.3 is 5.51 Å². The van der Waals surface area contributed by atoms with Gasteiger partial charge in [-0.3, -0.25) is 0 Å². The number of ether oxygens (including phenoxy) is 2. The fraction of sp³-hybridized carbons (Fsp3) is 0.571. The summed E-state index contributed by atoms with van der Waals surface area (Å²) < 4.78 is 86.8. The van der Waals surface area contributed by atoms with Crippen molar-refractivity contribution in [3.63, 3.8) is 0 Å². The second-order valence-corrected chi connectivity index (χ2v) is 7.73. The van der Waals surface area contributed by atoms with Crippen molar-refractivity contribution in [2.24, 2.45) is 0 Å². The number of alkyl halides is 3. The summed E-state index contributed by atoms with van der Waals surface area (Å²) in [5.74, 6) is -1.05. The topological polar surface area (TPSA) is 55.8 Å². The van der Waals surface area contributed by atoms with Crippen molar-refractivity contribution in [3.8, 4) is 0 Å². The van der Waals surface area contributed by atoms with Crippen LogP contribution >= 0.6 is 0 Å². The van der Waals surface area contributed by atoms with Crippen molar-refractivity contribution in [2.75, 3.05) is 37.8 Å². The van der Waals surface area contributed by atoms with E-state index in [1.807, 2.05) is 0 Å². The molecular weight excluding hydrogens is 354 g/mol. The molecule has 2 aliphatic heterocycles. The Morgan fingerprint density at radius 3 is 2.58 bits per heavy atom. The Morgan fingerprint density at radius 2 is 1.96 bits per heavy atom. The normalized spacial score (nSPS) is 25.4. The Morgan fingerprint density at radius 1 is 1.21 bits per heavy atom. The second-order valence-electron chi connectivity index (χ2n) is 5.82. The lowest BCUT2D eigenvalue weighted by atomic mass is 10.0. The van der Waals surface area contributed by atoms with Crippen molar-refractivity contribution in [3.05, 3.63) is 24.0 Å². The standard InChI is InChI=1S/C14H15F4NO4S/c15-10-1-2-11(12(7-10)24(20,21)14(16,17)18)19-4-6-23-13(8-19)3-5-22-9-13/h1-2,7H,3-6,8-9H2. The molecule has 1 aromatic rings. The van der Waals surface area contributed by atoms with Crippen LogP contribution in [0.15, 0.2) is 23.1 Å². The third-order valence-corrected chi connectivity index (χ3v) is 5.69. The highest BCUT2D eigenvalue weighted by Crippen LogP contribution is 2.38. The highest BCUT2D eigenvalue weighted by atomic mass is 32.2. The predicted octanol–water partition coefficient (Wildman–Crippen LogP) is 2.11. The number of nitrogens with zero attached hydrogens (tertiary/aromatic N) is 1. The van der Waals surface area contributed by atoms with E-state index in [9.17, 15) is 26.0 Å². The summed E-state index contributed by atoms with van der Waals surface area (Å²) in [7, 11) is -5.67. The van der Waals surface area contributed by atoms with E-state index in [0.717, 1.165) is 12.1 Å². The Bertz CT molecular complexity index is 729. The second kappa shape index (κ2) is 5.85. The summed E-state index contributed by atoms with van der Waals surface area (Å²) in [5, 5.41) is 0. The largest absolute Gasteiger partial charge is 0.501 e. The molecule has 2 fully saturated rings. The SMILES string of the molecule is O=S(=O)(c1cc(F)ccc1N1CCOC2(CCOC2)C1)C(F)(F)F. The molecule has 0 bridgehead atoms. The minimum absolute atomic E-state index is 0.177. The van der Waals surface area contributed by atoms with Crippen molar-refractivity contribution in [1.82, 2.24) is 0 Å². The zero-order valence-electron chi connectivity index (χ0n) is 12.5. The fourth-order valence-electron chi connectivity index (χ4n) is 2.97. The van der Waals surface area contributed by atoms with Crippen LogP contribution in [0.3, 0.4) is 0 Å². The first kappa shape index (κ1) is 17.4. The molecule has 0 amide bonds. The van der Waals surface area contributed by atoms with Crippen molar-refractivity contribution in [2.45, 2.75) is 22.4 Å². The number of morpholine rings is 1. The number of sulfone groups is 1. The predicted molar refractivity (Wildman–Crippen MR) is 76.0 cm³/mol. The Balaban J connectivity index is 2.02. The lowest BCUT2D eigenvalue weighted by molar-refractivity contribution is -0.0581. The van der Waals surface area contributed by atoms with Crippen LogP contribution in [0.2, 0.25) is 0 Å². The smallest absolute Gasteiger partial charge is 0.378 e. The van der Waals surface area contributed by atoms with Gasteiger partial charge in [-0.05, 0) is 18.2 Å².